The molecule has 2 heterocycles. The Kier molecular flexibility index (Phi) is 4.78. The number of rotatable bonds is 2. The number of carbonyl (C=O) groups excluding carboxylic acids is 2. The van der Waals surface area contributed by atoms with Gasteiger partial charge in [0.15, 0.2) is 5.84 Å². The lowest BCUT2D eigenvalue weighted by molar-refractivity contribution is -0.124. The molecule has 0 aliphatic carbocycles. The van der Waals surface area contributed by atoms with Crippen LogP contribution in [0.3, 0.4) is 0 Å². The van der Waals surface area contributed by atoms with Gasteiger partial charge in [0.2, 0.25) is 5.91 Å². The standard InChI is InChI=1S/C17H20FN3O3/c1-11-9-15(20-24-11)19-16(22)13-3-2-8-21(10-13)17(23)12-4-6-14(18)7-5-12/h4-7,11,13H,2-3,8-10H2,1H3,(H,19,20,22)/t11-,13+/m0/s1. The van der Waals surface area contributed by atoms with Gasteiger partial charge in [-0.15, -0.1) is 0 Å². The van der Waals surface area contributed by atoms with E-state index < -0.39 is 0 Å². The Balaban J connectivity index is 1.60. The summed E-state index contributed by atoms with van der Waals surface area (Å²) in [6, 6.07) is 5.46. The van der Waals surface area contributed by atoms with E-state index in [0.29, 0.717) is 30.9 Å². The van der Waals surface area contributed by atoms with Gasteiger partial charge in [0.05, 0.1) is 5.92 Å². The van der Waals surface area contributed by atoms with Crippen LogP contribution in [0.15, 0.2) is 29.4 Å². The van der Waals surface area contributed by atoms with Crippen LogP contribution in [0.5, 0.6) is 0 Å². The Hall–Kier alpha value is -2.44. The first-order valence-electron chi connectivity index (χ1n) is 8.11. The largest absolute Gasteiger partial charge is 0.391 e. The molecule has 2 aliphatic heterocycles. The minimum Gasteiger partial charge on any atom is -0.391 e. The van der Waals surface area contributed by atoms with Crippen LogP contribution in [0.25, 0.3) is 0 Å². The van der Waals surface area contributed by atoms with Crippen molar-refractivity contribution in [2.24, 2.45) is 11.1 Å². The number of amides is 2. The smallest absolute Gasteiger partial charge is 0.253 e. The molecule has 0 radical (unpaired) electrons. The summed E-state index contributed by atoms with van der Waals surface area (Å²) in [6.07, 6.45) is 2.03. The molecule has 0 saturated carbocycles. The molecule has 6 nitrogen and oxygen atoms in total. The van der Waals surface area contributed by atoms with Crippen LogP contribution in [0, 0.1) is 11.7 Å². The first-order chi connectivity index (χ1) is 11.5. The predicted octanol–water partition coefficient (Wildman–Crippen LogP) is 1.92. The van der Waals surface area contributed by atoms with E-state index in [1.807, 2.05) is 6.92 Å². The van der Waals surface area contributed by atoms with Crippen molar-refractivity contribution in [3.8, 4) is 0 Å². The van der Waals surface area contributed by atoms with Crippen LogP contribution < -0.4 is 5.32 Å². The average molecular weight is 333 g/mol. The Morgan fingerprint density at radius 1 is 1.33 bits per heavy atom. The average Bonchev–Trinajstić information content (AvgIpc) is 3.00. The van der Waals surface area contributed by atoms with Gasteiger partial charge in [-0.3, -0.25) is 9.59 Å². The third kappa shape index (κ3) is 3.72. The summed E-state index contributed by atoms with van der Waals surface area (Å²) in [5, 5.41) is 6.61. The number of oxime groups is 1. The molecule has 2 atom stereocenters. The number of likely N-dealkylation sites (tertiary alicyclic amines) is 1. The number of hydrogen-bond acceptors (Lipinski definition) is 4. The van der Waals surface area contributed by atoms with Gasteiger partial charge in [0.1, 0.15) is 11.9 Å². The van der Waals surface area contributed by atoms with Crippen LogP contribution in [0.1, 0.15) is 36.5 Å². The first-order valence-corrected chi connectivity index (χ1v) is 8.11. The minimum atomic E-state index is -0.378. The number of amidine groups is 1. The summed E-state index contributed by atoms with van der Waals surface area (Å²) in [4.78, 5) is 31.6. The van der Waals surface area contributed by atoms with E-state index in [1.54, 1.807) is 4.90 Å². The van der Waals surface area contributed by atoms with Crippen molar-refractivity contribution in [2.45, 2.75) is 32.3 Å². The summed E-state index contributed by atoms with van der Waals surface area (Å²) in [6.45, 7) is 2.83. The van der Waals surface area contributed by atoms with Crippen molar-refractivity contribution in [1.82, 2.24) is 10.2 Å². The molecular formula is C17H20FN3O3. The molecule has 3 rings (SSSR count). The van der Waals surface area contributed by atoms with E-state index in [4.69, 9.17) is 4.84 Å². The van der Waals surface area contributed by atoms with E-state index in [9.17, 15) is 14.0 Å². The molecule has 0 unspecified atom stereocenters. The van der Waals surface area contributed by atoms with Crippen molar-refractivity contribution in [2.75, 3.05) is 13.1 Å². The van der Waals surface area contributed by atoms with Crippen molar-refractivity contribution >= 4 is 17.6 Å². The highest BCUT2D eigenvalue weighted by atomic mass is 19.1. The van der Waals surface area contributed by atoms with Gasteiger partial charge in [-0.2, -0.15) is 0 Å². The normalized spacial score (nSPS) is 23.4. The van der Waals surface area contributed by atoms with Gasteiger partial charge in [-0.1, -0.05) is 5.16 Å². The lowest BCUT2D eigenvalue weighted by atomic mass is 9.96. The van der Waals surface area contributed by atoms with Gasteiger partial charge >= 0.3 is 0 Å². The van der Waals surface area contributed by atoms with Crippen molar-refractivity contribution in [1.29, 1.82) is 0 Å². The van der Waals surface area contributed by atoms with Gasteiger partial charge in [0.25, 0.3) is 5.91 Å². The molecule has 1 N–H and O–H groups in total. The fourth-order valence-corrected chi connectivity index (χ4v) is 2.97. The van der Waals surface area contributed by atoms with E-state index in [2.05, 4.69) is 10.5 Å². The number of carbonyl (C=O) groups is 2. The molecule has 128 valence electrons. The summed E-state index contributed by atoms with van der Waals surface area (Å²) in [5.74, 6) is -0.432. The summed E-state index contributed by atoms with van der Waals surface area (Å²) < 4.78 is 13.0. The second-order valence-corrected chi connectivity index (χ2v) is 6.24. The molecule has 0 aromatic heterocycles. The quantitative estimate of drug-likeness (QED) is 0.899. The fourth-order valence-electron chi connectivity index (χ4n) is 2.97. The van der Waals surface area contributed by atoms with Crippen LogP contribution in [0.2, 0.25) is 0 Å². The summed E-state index contributed by atoms with van der Waals surface area (Å²) >= 11 is 0. The van der Waals surface area contributed by atoms with E-state index in [1.165, 1.54) is 24.3 Å². The van der Waals surface area contributed by atoms with E-state index in [-0.39, 0.29) is 29.7 Å². The molecule has 0 spiro atoms. The SMILES string of the molecule is C[C@H]1CC(NC(=O)[C@@H]2CCCN(C(=O)c3ccc(F)cc3)C2)=NO1. The second kappa shape index (κ2) is 6.98. The second-order valence-electron chi connectivity index (χ2n) is 6.24. The maximum absolute atomic E-state index is 13.0. The Morgan fingerprint density at radius 3 is 2.75 bits per heavy atom. The summed E-state index contributed by atoms with van der Waals surface area (Å²) in [7, 11) is 0. The predicted molar refractivity (Wildman–Crippen MR) is 85.8 cm³/mol. The third-order valence-electron chi connectivity index (χ3n) is 4.26. The molecule has 1 fully saturated rings. The van der Waals surface area contributed by atoms with E-state index in [0.717, 1.165) is 12.8 Å². The summed E-state index contributed by atoms with van der Waals surface area (Å²) in [5.41, 5.74) is 0.430. The van der Waals surface area contributed by atoms with Crippen LogP contribution in [0.4, 0.5) is 4.39 Å². The molecule has 1 saturated heterocycles. The number of nitrogens with one attached hydrogen (secondary N) is 1. The van der Waals surface area contributed by atoms with Crippen molar-refractivity contribution in [3.63, 3.8) is 0 Å². The molecule has 2 aliphatic rings. The van der Waals surface area contributed by atoms with Gasteiger partial charge in [-0.05, 0) is 44.0 Å². The molecular weight excluding hydrogens is 313 g/mol. The lowest BCUT2D eigenvalue weighted by Crippen LogP contribution is -2.46. The molecule has 2 amide bonds. The maximum Gasteiger partial charge on any atom is 0.253 e. The molecule has 24 heavy (non-hydrogen) atoms. The van der Waals surface area contributed by atoms with Crippen molar-refractivity contribution in [3.05, 3.63) is 35.6 Å². The van der Waals surface area contributed by atoms with E-state index >= 15 is 0 Å². The minimum absolute atomic E-state index is 0.0248. The highest BCUT2D eigenvalue weighted by Crippen LogP contribution is 2.19. The number of nitrogens with zero attached hydrogens (tertiary/aromatic N) is 2. The van der Waals surface area contributed by atoms with Crippen LogP contribution in [-0.4, -0.2) is 41.7 Å². The topological polar surface area (TPSA) is 71.0 Å². The highest BCUT2D eigenvalue weighted by molar-refractivity contribution is 6.00. The Morgan fingerprint density at radius 2 is 2.08 bits per heavy atom. The fraction of sp³-hybridized carbons (Fsp3) is 0.471. The van der Waals surface area contributed by atoms with Crippen molar-refractivity contribution < 1.29 is 18.8 Å². The zero-order valence-electron chi connectivity index (χ0n) is 13.5. The van der Waals surface area contributed by atoms with Crippen LogP contribution >= 0.6 is 0 Å². The number of hydrogen-bond donors (Lipinski definition) is 1. The number of piperidine rings is 1. The zero-order valence-corrected chi connectivity index (χ0v) is 13.5. The van der Waals surface area contributed by atoms with Gasteiger partial charge < -0.3 is 15.1 Å². The maximum atomic E-state index is 13.0. The Labute approximate surface area is 139 Å². The zero-order chi connectivity index (χ0) is 17.1. The molecule has 7 heteroatoms. The number of benzene rings is 1. The van der Waals surface area contributed by atoms with Crippen LogP contribution in [-0.2, 0) is 9.63 Å². The molecule has 1 aromatic rings. The highest BCUT2D eigenvalue weighted by Gasteiger charge is 2.30. The lowest BCUT2D eigenvalue weighted by Gasteiger charge is -2.32. The van der Waals surface area contributed by atoms with Gasteiger partial charge in [-0.25, -0.2) is 4.39 Å². The Bertz CT molecular complexity index is 660. The third-order valence-corrected chi connectivity index (χ3v) is 4.26. The van der Waals surface area contributed by atoms with Gasteiger partial charge in [0, 0.05) is 25.1 Å². The molecule has 0 bridgehead atoms. The number of halogens is 1. The monoisotopic (exact) mass is 333 g/mol. The molecule has 1 aromatic carbocycles. The first kappa shape index (κ1) is 16.4.